The van der Waals surface area contributed by atoms with E-state index in [4.69, 9.17) is 10.2 Å². The highest BCUT2D eigenvalue weighted by atomic mass is 16.3. The van der Waals surface area contributed by atoms with Gasteiger partial charge in [0.15, 0.2) is 5.76 Å². The summed E-state index contributed by atoms with van der Waals surface area (Å²) in [4.78, 5) is 11.9. The Bertz CT molecular complexity index is 525. The lowest BCUT2D eigenvalue weighted by atomic mass is 9.94. The Kier molecular flexibility index (Phi) is 3.39. The number of nitrogens with two attached hydrogens (primary N) is 1. The third-order valence-electron chi connectivity index (χ3n) is 2.93. The van der Waals surface area contributed by atoms with Gasteiger partial charge in [-0.15, -0.1) is 0 Å². The summed E-state index contributed by atoms with van der Waals surface area (Å²) in [5, 5.41) is 3.77. The zero-order valence-electron chi connectivity index (χ0n) is 10.7. The number of benzene rings is 1. The summed E-state index contributed by atoms with van der Waals surface area (Å²) in [7, 11) is 0. The van der Waals surface area contributed by atoms with Crippen LogP contribution in [0, 0.1) is 5.41 Å². The molecule has 4 nitrogen and oxygen atoms in total. The Morgan fingerprint density at radius 2 is 2.11 bits per heavy atom. The number of rotatable bonds is 4. The molecule has 4 heteroatoms. The summed E-state index contributed by atoms with van der Waals surface area (Å²) in [6, 6.07) is 9.30. The first-order chi connectivity index (χ1) is 8.52. The van der Waals surface area contributed by atoms with Crippen molar-refractivity contribution in [2.24, 2.45) is 11.1 Å². The van der Waals surface area contributed by atoms with Crippen LogP contribution < -0.4 is 11.1 Å². The fourth-order valence-electron chi connectivity index (χ4n) is 1.57. The first-order valence-electron chi connectivity index (χ1n) is 5.99. The van der Waals surface area contributed by atoms with Gasteiger partial charge in [-0.1, -0.05) is 32.0 Å². The summed E-state index contributed by atoms with van der Waals surface area (Å²) < 4.78 is 5.49. The third-order valence-corrected chi connectivity index (χ3v) is 2.93. The Labute approximate surface area is 106 Å². The molecule has 0 saturated carbocycles. The van der Waals surface area contributed by atoms with Gasteiger partial charge in [0.25, 0.3) is 5.91 Å². The molecule has 3 N–H and O–H groups in total. The van der Waals surface area contributed by atoms with Gasteiger partial charge in [0.05, 0.1) is 0 Å². The number of para-hydroxylation sites is 1. The highest BCUT2D eigenvalue weighted by molar-refractivity contribution is 5.96. The van der Waals surface area contributed by atoms with Crippen molar-refractivity contribution in [1.82, 2.24) is 5.32 Å². The molecule has 18 heavy (non-hydrogen) atoms. The first-order valence-corrected chi connectivity index (χ1v) is 5.99. The van der Waals surface area contributed by atoms with E-state index in [0.29, 0.717) is 18.8 Å². The third kappa shape index (κ3) is 2.71. The molecule has 1 amide bonds. The number of amides is 1. The highest BCUT2D eigenvalue weighted by Gasteiger charge is 2.18. The molecule has 0 atom stereocenters. The molecule has 0 fully saturated rings. The Morgan fingerprint density at radius 1 is 1.39 bits per heavy atom. The summed E-state index contributed by atoms with van der Waals surface area (Å²) in [6.07, 6.45) is 0. The van der Waals surface area contributed by atoms with E-state index >= 15 is 0 Å². The van der Waals surface area contributed by atoms with Gasteiger partial charge in [0, 0.05) is 11.9 Å². The van der Waals surface area contributed by atoms with Crippen molar-refractivity contribution in [3.8, 4) is 0 Å². The molecule has 1 aromatic heterocycles. The van der Waals surface area contributed by atoms with E-state index in [2.05, 4.69) is 5.32 Å². The standard InChI is InChI=1S/C14H18N2O2/c1-14(2,8-15)9-16-13(17)12-7-10-5-3-4-6-11(10)18-12/h3-7H,8-9,15H2,1-2H3,(H,16,17). The van der Waals surface area contributed by atoms with E-state index in [1.54, 1.807) is 6.07 Å². The lowest BCUT2D eigenvalue weighted by Gasteiger charge is -2.22. The minimum Gasteiger partial charge on any atom is -0.451 e. The van der Waals surface area contributed by atoms with Crippen molar-refractivity contribution in [2.75, 3.05) is 13.1 Å². The molecule has 0 spiro atoms. The summed E-state index contributed by atoms with van der Waals surface area (Å²) in [5.41, 5.74) is 6.23. The van der Waals surface area contributed by atoms with Crippen molar-refractivity contribution in [3.05, 3.63) is 36.1 Å². The van der Waals surface area contributed by atoms with Crippen molar-refractivity contribution in [3.63, 3.8) is 0 Å². The zero-order chi connectivity index (χ0) is 13.2. The van der Waals surface area contributed by atoms with E-state index < -0.39 is 0 Å². The molecular formula is C14H18N2O2. The van der Waals surface area contributed by atoms with Crippen LogP contribution >= 0.6 is 0 Å². The van der Waals surface area contributed by atoms with Gasteiger partial charge < -0.3 is 15.5 Å². The monoisotopic (exact) mass is 246 g/mol. The average molecular weight is 246 g/mol. The number of nitrogens with one attached hydrogen (secondary N) is 1. The topological polar surface area (TPSA) is 68.3 Å². The highest BCUT2D eigenvalue weighted by Crippen LogP contribution is 2.19. The van der Waals surface area contributed by atoms with Crippen LogP contribution in [-0.2, 0) is 0 Å². The predicted octanol–water partition coefficient (Wildman–Crippen LogP) is 2.15. The van der Waals surface area contributed by atoms with E-state index in [0.717, 1.165) is 11.0 Å². The largest absolute Gasteiger partial charge is 0.451 e. The number of furan rings is 1. The van der Waals surface area contributed by atoms with Crippen LogP contribution in [0.2, 0.25) is 0 Å². The quantitative estimate of drug-likeness (QED) is 0.868. The van der Waals surface area contributed by atoms with Crippen molar-refractivity contribution >= 4 is 16.9 Å². The van der Waals surface area contributed by atoms with Gasteiger partial charge >= 0.3 is 0 Å². The number of carbonyl (C=O) groups is 1. The normalized spacial score (nSPS) is 11.7. The number of hydrogen-bond acceptors (Lipinski definition) is 3. The average Bonchev–Trinajstić information content (AvgIpc) is 2.80. The van der Waals surface area contributed by atoms with Crippen LogP contribution in [-0.4, -0.2) is 19.0 Å². The fourth-order valence-corrected chi connectivity index (χ4v) is 1.57. The van der Waals surface area contributed by atoms with E-state index in [1.165, 1.54) is 0 Å². The fraction of sp³-hybridized carbons (Fsp3) is 0.357. The van der Waals surface area contributed by atoms with Gasteiger partial charge in [-0.05, 0) is 24.1 Å². The van der Waals surface area contributed by atoms with Crippen LogP contribution in [0.25, 0.3) is 11.0 Å². The van der Waals surface area contributed by atoms with Gasteiger partial charge in [0.2, 0.25) is 0 Å². The van der Waals surface area contributed by atoms with Crippen molar-refractivity contribution in [1.29, 1.82) is 0 Å². The van der Waals surface area contributed by atoms with Gasteiger partial charge in [-0.3, -0.25) is 4.79 Å². The SMILES string of the molecule is CC(C)(CN)CNC(=O)c1cc2ccccc2o1. The molecule has 0 aliphatic rings. The van der Waals surface area contributed by atoms with Crippen LogP contribution in [0.5, 0.6) is 0 Å². The van der Waals surface area contributed by atoms with Gasteiger partial charge in [0.1, 0.15) is 5.58 Å². The molecular weight excluding hydrogens is 228 g/mol. The summed E-state index contributed by atoms with van der Waals surface area (Å²) >= 11 is 0. The molecule has 0 aliphatic heterocycles. The Balaban J connectivity index is 2.09. The molecule has 0 saturated heterocycles. The molecule has 0 unspecified atom stereocenters. The molecule has 1 aromatic carbocycles. The molecule has 0 bridgehead atoms. The second-order valence-electron chi connectivity index (χ2n) is 5.20. The first kappa shape index (κ1) is 12.6. The maximum atomic E-state index is 11.9. The zero-order valence-corrected chi connectivity index (χ0v) is 10.7. The van der Waals surface area contributed by atoms with Crippen molar-refractivity contribution in [2.45, 2.75) is 13.8 Å². The smallest absolute Gasteiger partial charge is 0.287 e. The maximum absolute atomic E-state index is 11.9. The second-order valence-corrected chi connectivity index (χ2v) is 5.20. The van der Waals surface area contributed by atoms with Crippen LogP contribution in [0.4, 0.5) is 0 Å². The summed E-state index contributed by atoms with van der Waals surface area (Å²) in [6.45, 7) is 5.06. The maximum Gasteiger partial charge on any atom is 0.287 e. The summed E-state index contributed by atoms with van der Waals surface area (Å²) in [5.74, 6) is 0.136. The van der Waals surface area contributed by atoms with E-state index in [-0.39, 0.29) is 11.3 Å². The molecule has 1 heterocycles. The van der Waals surface area contributed by atoms with Crippen molar-refractivity contribution < 1.29 is 9.21 Å². The van der Waals surface area contributed by atoms with Crippen LogP contribution in [0.1, 0.15) is 24.4 Å². The predicted molar refractivity (Wildman–Crippen MR) is 71.4 cm³/mol. The van der Waals surface area contributed by atoms with Gasteiger partial charge in [-0.2, -0.15) is 0 Å². The number of carbonyl (C=O) groups excluding carboxylic acids is 1. The Morgan fingerprint density at radius 3 is 2.78 bits per heavy atom. The van der Waals surface area contributed by atoms with Crippen LogP contribution in [0.15, 0.2) is 34.7 Å². The van der Waals surface area contributed by atoms with Gasteiger partial charge in [-0.25, -0.2) is 0 Å². The lowest BCUT2D eigenvalue weighted by Crippen LogP contribution is -2.38. The molecule has 2 aromatic rings. The minimum absolute atomic E-state index is 0.109. The lowest BCUT2D eigenvalue weighted by molar-refractivity contribution is 0.0912. The molecule has 96 valence electrons. The van der Waals surface area contributed by atoms with Crippen LogP contribution in [0.3, 0.4) is 0 Å². The molecule has 2 rings (SSSR count). The molecule has 0 aliphatic carbocycles. The number of hydrogen-bond donors (Lipinski definition) is 2. The second kappa shape index (κ2) is 4.82. The minimum atomic E-state index is -0.201. The molecule has 0 radical (unpaired) electrons. The Hall–Kier alpha value is -1.81. The van der Waals surface area contributed by atoms with E-state index in [9.17, 15) is 4.79 Å². The number of fused-ring (bicyclic) bond motifs is 1. The van der Waals surface area contributed by atoms with E-state index in [1.807, 2.05) is 38.1 Å².